The summed E-state index contributed by atoms with van der Waals surface area (Å²) in [6.07, 6.45) is -9.97. The number of benzene rings is 1. The number of rotatable bonds is 3. The summed E-state index contributed by atoms with van der Waals surface area (Å²) in [5.74, 6) is 0.970. The van der Waals surface area contributed by atoms with Crippen LogP contribution < -0.4 is 10.6 Å². The van der Waals surface area contributed by atoms with E-state index in [1.165, 1.54) is 0 Å². The predicted molar refractivity (Wildman–Crippen MR) is 75.7 cm³/mol. The van der Waals surface area contributed by atoms with Gasteiger partial charge in [0.25, 0.3) is 0 Å². The SMILES string of the molecule is Cc1ccc(CNC(=O)Nc2cc(C(F)(F)F)cc(C(F)(F)F)c2)o1. The molecule has 25 heavy (non-hydrogen) atoms. The first-order valence-electron chi connectivity index (χ1n) is 6.85. The van der Waals surface area contributed by atoms with E-state index in [-0.39, 0.29) is 12.6 Å². The summed E-state index contributed by atoms with van der Waals surface area (Å²) in [5.41, 5.74) is -3.66. The van der Waals surface area contributed by atoms with Crippen molar-refractivity contribution in [2.24, 2.45) is 0 Å². The fourth-order valence-corrected chi connectivity index (χ4v) is 1.95. The Hall–Kier alpha value is -2.65. The molecule has 1 heterocycles. The first-order chi connectivity index (χ1) is 11.4. The maximum Gasteiger partial charge on any atom is 0.416 e. The predicted octanol–water partition coefficient (Wildman–Crippen LogP) is 4.95. The van der Waals surface area contributed by atoms with Gasteiger partial charge in [-0.15, -0.1) is 0 Å². The fourth-order valence-electron chi connectivity index (χ4n) is 1.95. The molecular formula is C15H12F6N2O2. The number of furan rings is 1. The molecule has 0 saturated heterocycles. The van der Waals surface area contributed by atoms with Crippen molar-refractivity contribution in [3.05, 3.63) is 53.0 Å². The number of hydrogen-bond acceptors (Lipinski definition) is 2. The molecule has 0 radical (unpaired) electrons. The number of urea groups is 1. The number of carbonyl (C=O) groups is 1. The average molecular weight is 366 g/mol. The van der Waals surface area contributed by atoms with Crippen molar-refractivity contribution in [3.8, 4) is 0 Å². The van der Waals surface area contributed by atoms with Crippen LogP contribution in [0.4, 0.5) is 36.8 Å². The summed E-state index contributed by atoms with van der Waals surface area (Å²) < 4.78 is 81.6. The molecule has 1 aromatic heterocycles. The quantitative estimate of drug-likeness (QED) is 0.756. The second kappa shape index (κ2) is 6.69. The van der Waals surface area contributed by atoms with E-state index in [1.54, 1.807) is 19.1 Å². The summed E-state index contributed by atoms with van der Waals surface area (Å²) in [5, 5.41) is 4.22. The van der Waals surface area contributed by atoms with E-state index >= 15 is 0 Å². The van der Waals surface area contributed by atoms with Crippen molar-refractivity contribution < 1.29 is 35.6 Å². The van der Waals surface area contributed by atoms with Crippen LogP contribution in [0.5, 0.6) is 0 Å². The molecule has 0 fully saturated rings. The second-order valence-electron chi connectivity index (χ2n) is 5.11. The highest BCUT2D eigenvalue weighted by Gasteiger charge is 2.37. The lowest BCUT2D eigenvalue weighted by Crippen LogP contribution is -2.28. The first kappa shape index (κ1) is 18.7. The van der Waals surface area contributed by atoms with Gasteiger partial charge < -0.3 is 15.1 Å². The van der Waals surface area contributed by atoms with Gasteiger partial charge in [-0.3, -0.25) is 0 Å². The summed E-state index contributed by atoms with van der Waals surface area (Å²) in [7, 11) is 0. The second-order valence-corrected chi connectivity index (χ2v) is 5.11. The minimum Gasteiger partial charge on any atom is -0.465 e. The van der Waals surface area contributed by atoms with Crippen LogP contribution in [0.1, 0.15) is 22.6 Å². The van der Waals surface area contributed by atoms with Gasteiger partial charge in [-0.1, -0.05) is 0 Å². The number of anilines is 1. The van der Waals surface area contributed by atoms with Crippen molar-refractivity contribution >= 4 is 11.7 Å². The van der Waals surface area contributed by atoms with Gasteiger partial charge in [0.2, 0.25) is 0 Å². The number of halogens is 6. The van der Waals surface area contributed by atoms with E-state index in [0.29, 0.717) is 23.7 Å². The highest BCUT2D eigenvalue weighted by molar-refractivity contribution is 5.89. The molecule has 2 N–H and O–H groups in total. The van der Waals surface area contributed by atoms with E-state index in [1.807, 2.05) is 5.32 Å². The van der Waals surface area contributed by atoms with Crippen molar-refractivity contribution in [1.29, 1.82) is 0 Å². The lowest BCUT2D eigenvalue weighted by Gasteiger charge is -2.15. The molecule has 1 aromatic carbocycles. The van der Waals surface area contributed by atoms with Crippen LogP contribution >= 0.6 is 0 Å². The minimum absolute atomic E-state index is 0.0191. The topological polar surface area (TPSA) is 54.3 Å². The number of hydrogen-bond donors (Lipinski definition) is 2. The summed E-state index contributed by atoms with van der Waals surface area (Å²) in [6, 6.07) is 3.06. The lowest BCUT2D eigenvalue weighted by molar-refractivity contribution is -0.143. The average Bonchev–Trinajstić information content (AvgIpc) is 2.89. The third kappa shape index (κ3) is 5.16. The Morgan fingerprint density at radius 2 is 1.56 bits per heavy atom. The lowest BCUT2D eigenvalue weighted by atomic mass is 10.1. The van der Waals surface area contributed by atoms with Gasteiger partial charge >= 0.3 is 18.4 Å². The van der Waals surface area contributed by atoms with Crippen LogP contribution in [0.3, 0.4) is 0 Å². The van der Waals surface area contributed by atoms with Gasteiger partial charge in [-0.25, -0.2) is 4.79 Å². The molecule has 0 bridgehead atoms. The van der Waals surface area contributed by atoms with Gasteiger partial charge in [0.05, 0.1) is 17.7 Å². The van der Waals surface area contributed by atoms with Crippen LogP contribution in [-0.4, -0.2) is 6.03 Å². The molecule has 2 aromatic rings. The zero-order chi connectivity index (χ0) is 18.8. The van der Waals surface area contributed by atoms with E-state index < -0.39 is 35.2 Å². The van der Waals surface area contributed by atoms with Gasteiger partial charge in [0, 0.05) is 5.69 Å². The highest BCUT2D eigenvalue weighted by atomic mass is 19.4. The zero-order valence-electron chi connectivity index (χ0n) is 12.7. The molecule has 2 amide bonds. The highest BCUT2D eigenvalue weighted by Crippen LogP contribution is 2.37. The normalized spacial score (nSPS) is 12.1. The number of alkyl halides is 6. The Morgan fingerprint density at radius 1 is 1.00 bits per heavy atom. The molecule has 0 saturated carbocycles. The third-order valence-electron chi connectivity index (χ3n) is 3.06. The molecule has 2 rings (SSSR count). The molecule has 0 spiro atoms. The van der Waals surface area contributed by atoms with Crippen LogP contribution in [-0.2, 0) is 18.9 Å². The number of carbonyl (C=O) groups excluding carboxylic acids is 1. The van der Waals surface area contributed by atoms with Crippen LogP contribution in [0.25, 0.3) is 0 Å². The third-order valence-corrected chi connectivity index (χ3v) is 3.06. The maximum atomic E-state index is 12.7. The molecule has 10 heteroatoms. The Balaban J connectivity index is 2.15. The Morgan fingerprint density at radius 3 is 2.00 bits per heavy atom. The van der Waals surface area contributed by atoms with Gasteiger partial charge in [-0.2, -0.15) is 26.3 Å². The summed E-state index contributed by atoms with van der Waals surface area (Å²) in [4.78, 5) is 11.7. The molecule has 136 valence electrons. The van der Waals surface area contributed by atoms with Crippen molar-refractivity contribution in [3.63, 3.8) is 0 Å². The molecular weight excluding hydrogens is 354 g/mol. The Kier molecular flexibility index (Phi) is 5.00. The summed E-state index contributed by atoms with van der Waals surface area (Å²) in [6.45, 7) is 1.59. The van der Waals surface area contributed by atoms with Crippen molar-refractivity contribution in [2.75, 3.05) is 5.32 Å². The standard InChI is InChI=1S/C15H12F6N2O2/c1-8-2-3-12(25-8)7-22-13(24)23-11-5-9(14(16,17)18)4-10(6-11)15(19,20)21/h2-6H,7H2,1H3,(H2,22,23,24). The molecule has 4 nitrogen and oxygen atoms in total. The minimum atomic E-state index is -4.99. The number of aryl methyl sites for hydroxylation is 1. The summed E-state index contributed by atoms with van der Waals surface area (Å²) >= 11 is 0. The van der Waals surface area contributed by atoms with E-state index in [0.717, 1.165) is 0 Å². The Labute approximate surface area is 137 Å². The molecule has 0 aliphatic carbocycles. The van der Waals surface area contributed by atoms with Gasteiger partial charge in [0.15, 0.2) is 0 Å². The number of amides is 2. The van der Waals surface area contributed by atoms with Crippen molar-refractivity contribution in [1.82, 2.24) is 5.32 Å². The number of nitrogens with one attached hydrogen (secondary N) is 2. The monoisotopic (exact) mass is 366 g/mol. The van der Waals surface area contributed by atoms with Crippen LogP contribution in [0.15, 0.2) is 34.7 Å². The fraction of sp³-hybridized carbons (Fsp3) is 0.267. The molecule has 0 aliphatic heterocycles. The van der Waals surface area contributed by atoms with E-state index in [9.17, 15) is 31.1 Å². The van der Waals surface area contributed by atoms with Gasteiger partial charge in [0.1, 0.15) is 11.5 Å². The van der Waals surface area contributed by atoms with Crippen LogP contribution in [0.2, 0.25) is 0 Å². The molecule has 0 aliphatic rings. The van der Waals surface area contributed by atoms with E-state index in [4.69, 9.17) is 4.42 Å². The maximum absolute atomic E-state index is 12.7. The Bertz CT molecular complexity index is 732. The van der Waals surface area contributed by atoms with E-state index in [2.05, 4.69) is 5.32 Å². The van der Waals surface area contributed by atoms with Crippen molar-refractivity contribution in [2.45, 2.75) is 25.8 Å². The zero-order valence-corrected chi connectivity index (χ0v) is 12.7. The largest absolute Gasteiger partial charge is 0.465 e. The molecule has 0 unspecified atom stereocenters. The molecule has 0 atom stereocenters. The van der Waals surface area contributed by atoms with Gasteiger partial charge in [-0.05, 0) is 37.3 Å². The first-order valence-corrected chi connectivity index (χ1v) is 6.85. The smallest absolute Gasteiger partial charge is 0.416 e. The van der Waals surface area contributed by atoms with Crippen LogP contribution in [0, 0.1) is 6.92 Å².